The molecule has 1 amide bonds. The van der Waals surface area contributed by atoms with Gasteiger partial charge < -0.3 is 10.1 Å². The lowest BCUT2D eigenvalue weighted by Gasteiger charge is -2.24. The summed E-state index contributed by atoms with van der Waals surface area (Å²) in [6.45, 7) is 1.11. The molecule has 1 aliphatic rings. The molecule has 4 rings (SSSR count). The third-order valence-electron chi connectivity index (χ3n) is 5.55. The van der Waals surface area contributed by atoms with E-state index < -0.39 is 11.6 Å². The highest BCUT2D eigenvalue weighted by Crippen LogP contribution is 2.25. The smallest absolute Gasteiger partial charge is 0.241 e. The molecule has 1 atom stereocenters. The molecule has 1 heterocycles. The number of benzene rings is 3. The zero-order chi connectivity index (χ0) is 22.5. The van der Waals surface area contributed by atoms with Crippen LogP contribution in [-0.2, 0) is 11.2 Å². The number of nitrogens with one attached hydrogen (secondary N) is 1. The van der Waals surface area contributed by atoms with Crippen molar-refractivity contribution >= 4 is 11.6 Å². The van der Waals surface area contributed by atoms with Crippen LogP contribution in [0.3, 0.4) is 0 Å². The molecule has 3 aromatic rings. The summed E-state index contributed by atoms with van der Waals surface area (Å²) in [5.41, 5.74) is 0.670. The number of rotatable bonds is 7. The second-order valence-corrected chi connectivity index (χ2v) is 7.71. The van der Waals surface area contributed by atoms with Gasteiger partial charge in [0.25, 0.3) is 0 Å². The lowest BCUT2D eigenvalue weighted by atomic mass is 10.1. The van der Waals surface area contributed by atoms with Gasteiger partial charge in [-0.25, -0.2) is 13.2 Å². The Kier molecular flexibility index (Phi) is 6.75. The van der Waals surface area contributed by atoms with Gasteiger partial charge in [-0.1, -0.05) is 6.07 Å². The Morgan fingerprint density at radius 3 is 2.22 bits per heavy atom. The fourth-order valence-corrected chi connectivity index (χ4v) is 3.89. The highest BCUT2D eigenvalue weighted by molar-refractivity contribution is 5.95. The zero-order valence-electron chi connectivity index (χ0n) is 17.4. The van der Waals surface area contributed by atoms with Crippen molar-refractivity contribution < 1.29 is 22.7 Å². The third-order valence-corrected chi connectivity index (χ3v) is 5.55. The largest absolute Gasteiger partial charge is 0.457 e. The van der Waals surface area contributed by atoms with Crippen molar-refractivity contribution in [3.05, 3.63) is 89.7 Å². The monoisotopic (exact) mass is 440 g/mol. The summed E-state index contributed by atoms with van der Waals surface area (Å²) < 4.78 is 46.4. The van der Waals surface area contributed by atoms with E-state index in [-0.39, 0.29) is 29.8 Å². The molecule has 4 nitrogen and oxygen atoms in total. The summed E-state index contributed by atoms with van der Waals surface area (Å²) in [5.74, 6) is -0.541. The highest BCUT2D eigenvalue weighted by atomic mass is 19.1. The van der Waals surface area contributed by atoms with Crippen molar-refractivity contribution in [2.24, 2.45) is 0 Å². The molecule has 0 aromatic heterocycles. The van der Waals surface area contributed by atoms with E-state index in [4.69, 9.17) is 4.74 Å². The Morgan fingerprint density at radius 1 is 0.938 bits per heavy atom. The van der Waals surface area contributed by atoms with Gasteiger partial charge in [-0.05, 0) is 86.5 Å². The van der Waals surface area contributed by atoms with Gasteiger partial charge in [0.15, 0.2) is 0 Å². The maximum Gasteiger partial charge on any atom is 0.241 e. The van der Waals surface area contributed by atoms with Crippen molar-refractivity contribution in [2.75, 3.05) is 18.4 Å². The first-order valence-corrected chi connectivity index (χ1v) is 10.5. The molecule has 0 spiro atoms. The van der Waals surface area contributed by atoms with Crippen molar-refractivity contribution in [2.45, 2.75) is 25.3 Å². The first-order chi connectivity index (χ1) is 15.5. The fourth-order valence-electron chi connectivity index (χ4n) is 3.89. The predicted octanol–water partition coefficient (Wildman–Crippen LogP) is 5.54. The number of halogens is 3. The lowest BCUT2D eigenvalue weighted by Crippen LogP contribution is -2.40. The normalized spacial score (nSPS) is 16.2. The van der Waals surface area contributed by atoms with Crippen LogP contribution in [0.1, 0.15) is 18.4 Å². The number of carbonyl (C=O) groups is 1. The van der Waals surface area contributed by atoms with Crippen LogP contribution < -0.4 is 10.1 Å². The molecule has 1 fully saturated rings. The summed E-state index contributed by atoms with van der Waals surface area (Å²) >= 11 is 0. The Bertz CT molecular complexity index is 1050. The molecule has 1 saturated heterocycles. The molecule has 166 valence electrons. The van der Waals surface area contributed by atoms with Gasteiger partial charge in [-0.15, -0.1) is 0 Å². The quantitative estimate of drug-likeness (QED) is 0.524. The fraction of sp³-hybridized carbons (Fsp3) is 0.240. The van der Waals surface area contributed by atoms with E-state index >= 15 is 0 Å². The second-order valence-electron chi connectivity index (χ2n) is 7.71. The number of carbonyl (C=O) groups excluding carboxylic acids is 1. The summed E-state index contributed by atoms with van der Waals surface area (Å²) in [4.78, 5) is 14.8. The minimum absolute atomic E-state index is 0.0512. The van der Waals surface area contributed by atoms with Crippen molar-refractivity contribution in [1.82, 2.24) is 4.90 Å². The topological polar surface area (TPSA) is 41.6 Å². The second kappa shape index (κ2) is 9.87. The van der Waals surface area contributed by atoms with E-state index in [0.717, 1.165) is 6.42 Å². The molecule has 1 unspecified atom stereocenters. The molecule has 0 radical (unpaired) electrons. The van der Waals surface area contributed by atoms with E-state index in [2.05, 4.69) is 5.32 Å². The van der Waals surface area contributed by atoms with Crippen LogP contribution in [0.4, 0.5) is 18.9 Å². The van der Waals surface area contributed by atoms with Crippen LogP contribution in [0.15, 0.2) is 66.7 Å². The molecule has 0 bridgehead atoms. The van der Waals surface area contributed by atoms with Gasteiger partial charge in [-0.2, -0.15) is 0 Å². The third kappa shape index (κ3) is 5.29. The van der Waals surface area contributed by atoms with Gasteiger partial charge in [0, 0.05) is 17.8 Å². The number of ether oxygens (including phenoxy) is 1. The van der Waals surface area contributed by atoms with Gasteiger partial charge in [0.1, 0.15) is 29.0 Å². The molecule has 0 saturated carbocycles. The number of hydrogen-bond acceptors (Lipinski definition) is 3. The van der Waals surface area contributed by atoms with Crippen LogP contribution in [0.5, 0.6) is 11.5 Å². The molecule has 32 heavy (non-hydrogen) atoms. The standard InChI is InChI=1S/C25H23F3N2O2/c26-17-6-10-19(11-7-17)32-20-12-8-18(9-13-20)29-25(31)24-5-2-15-30(24)16-14-21-22(27)3-1-4-23(21)28/h1,3-4,6-13,24H,2,5,14-16H2,(H,29,31). The Balaban J connectivity index is 1.33. The van der Waals surface area contributed by atoms with E-state index in [1.54, 1.807) is 24.3 Å². The molecule has 1 aliphatic heterocycles. The molecule has 3 aromatic carbocycles. The number of hydrogen-bond donors (Lipinski definition) is 1. The maximum atomic E-state index is 13.9. The molecular weight excluding hydrogens is 417 g/mol. The number of likely N-dealkylation sites (tertiary alicyclic amines) is 1. The summed E-state index contributed by atoms with van der Waals surface area (Å²) in [7, 11) is 0. The summed E-state index contributed by atoms with van der Waals surface area (Å²) in [6.07, 6.45) is 1.75. The first-order valence-electron chi connectivity index (χ1n) is 10.5. The van der Waals surface area contributed by atoms with E-state index in [9.17, 15) is 18.0 Å². The van der Waals surface area contributed by atoms with Crippen molar-refractivity contribution in [3.8, 4) is 11.5 Å². The zero-order valence-corrected chi connectivity index (χ0v) is 17.4. The lowest BCUT2D eigenvalue weighted by molar-refractivity contribution is -0.120. The van der Waals surface area contributed by atoms with Crippen LogP contribution in [0.2, 0.25) is 0 Å². The average molecular weight is 440 g/mol. The number of anilines is 1. The van der Waals surface area contributed by atoms with E-state index in [0.29, 0.717) is 36.7 Å². The number of nitrogens with zero attached hydrogens (tertiary/aromatic N) is 1. The van der Waals surface area contributed by atoms with Crippen molar-refractivity contribution in [3.63, 3.8) is 0 Å². The first kappa shape index (κ1) is 21.9. The molecule has 7 heteroatoms. The van der Waals surface area contributed by atoms with Gasteiger partial charge in [0.05, 0.1) is 6.04 Å². The van der Waals surface area contributed by atoms with Crippen LogP contribution in [-0.4, -0.2) is 29.9 Å². The molecule has 1 N–H and O–H groups in total. The van der Waals surface area contributed by atoms with E-state index in [1.165, 1.54) is 42.5 Å². The SMILES string of the molecule is O=C(Nc1ccc(Oc2ccc(F)cc2)cc1)C1CCCN1CCc1c(F)cccc1F. The minimum Gasteiger partial charge on any atom is -0.457 e. The number of amides is 1. The molecular formula is C25H23F3N2O2. The van der Waals surface area contributed by atoms with Crippen LogP contribution in [0, 0.1) is 17.5 Å². The Labute approximate surface area is 184 Å². The average Bonchev–Trinajstić information content (AvgIpc) is 3.25. The predicted molar refractivity (Wildman–Crippen MR) is 116 cm³/mol. The summed E-state index contributed by atoms with van der Waals surface area (Å²) in [5, 5.41) is 2.90. The van der Waals surface area contributed by atoms with Crippen LogP contribution >= 0.6 is 0 Å². The maximum absolute atomic E-state index is 13.9. The molecule has 0 aliphatic carbocycles. The van der Waals surface area contributed by atoms with Crippen LogP contribution in [0.25, 0.3) is 0 Å². The highest BCUT2D eigenvalue weighted by Gasteiger charge is 2.30. The van der Waals surface area contributed by atoms with Gasteiger partial charge >= 0.3 is 0 Å². The Hall–Kier alpha value is -3.32. The minimum atomic E-state index is -0.562. The van der Waals surface area contributed by atoms with Gasteiger partial charge in [-0.3, -0.25) is 9.69 Å². The van der Waals surface area contributed by atoms with Gasteiger partial charge in [0.2, 0.25) is 5.91 Å². The van der Waals surface area contributed by atoms with Crippen molar-refractivity contribution in [1.29, 1.82) is 0 Å². The summed E-state index contributed by atoms with van der Waals surface area (Å²) in [6, 6.07) is 16.1. The Morgan fingerprint density at radius 2 is 1.56 bits per heavy atom. The van der Waals surface area contributed by atoms with E-state index in [1.807, 2.05) is 4.90 Å².